The highest BCUT2D eigenvalue weighted by Gasteiger charge is 2.12. The lowest BCUT2D eigenvalue weighted by molar-refractivity contribution is 0.103. The molecule has 2 aromatic carbocycles. The number of halogens is 2. The molecule has 0 aliphatic heterocycles. The van der Waals surface area contributed by atoms with Crippen LogP contribution < -0.4 is 0 Å². The molecule has 0 aromatic heterocycles. The Morgan fingerprint density at radius 1 is 1.18 bits per heavy atom. The van der Waals surface area contributed by atoms with E-state index in [0.29, 0.717) is 16.1 Å². The van der Waals surface area contributed by atoms with E-state index < -0.39 is 0 Å². The summed E-state index contributed by atoms with van der Waals surface area (Å²) in [7, 11) is 0. The first kappa shape index (κ1) is 12.6. The molecule has 0 unspecified atom stereocenters. The molecule has 0 bridgehead atoms. The molecule has 0 saturated carbocycles. The molecule has 2 rings (SSSR count). The Balaban J connectivity index is 2.47. The highest BCUT2D eigenvalue weighted by atomic mass is 127. The highest BCUT2D eigenvalue weighted by Crippen LogP contribution is 2.21. The number of hydrogen-bond donors (Lipinski definition) is 0. The van der Waals surface area contributed by atoms with E-state index in [2.05, 4.69) is 22.6 Å². The lowest BCUT2D eigenvalue weighted by Gasteiger charge is -2.05. The molecular formula is C14H10ClIO. The Hall–Kier alpha value is -0.870. The van der Waals surface area contributed by atoms with Crippen molar-refractivity contribution in [3.05, 3.63) is 67.7 Å². The van der Waals surface area contributed by atoms with E-state index in [4.69, 9.17) is 11.6 Å². The van der Waals surface area contributed by atoms with Gasteiger partial charge in [-0.05, 0) is 53.8 Å². The van der Waals surface area contributed by atoms with E-state index in [1.165, 1.54) is 0 Å². The van der Waals surface area contributed by atoms with Crippen LogP contribution in [0, 0.1) is 10.5 Å². The van der Waals surface area contributed by atoms with Crippen molar-refractivity contribution in [1.82, 2.24) is 0 Å². The van der Waals surface area contributed by atoms with E-state index in [0.717, 1.165) is 9.13 Å². The van der Waals surface area contributed by atoms with E-state index in [9.17, 15) is 4.79 Å². The summed E-state index contributed by atoms with van der Waals surface area (Å²) in [5.74, 6) is 0.0144. The van der Waals surface area contributed by atoms with Gasteiger partial charge in [0, 0.05) is 19.7 Å². The Kier molecular flexibility index (Phi) is 3.84. The van der Waals surface area contributed by atoms with Crippen LogP contribution in [0.2, 0.25) is 5.02 Å². The van der Waals surface area contributed by atoms with Gasteiger partial charge in [0.15, 0.2) is 5.78 Å². The molecule has 0 radical (unpaired) electrons. The Bertz CT molecular complexity index is 578. The fourth-order valence-corrected chi connectivity index (χ4v) is 2.37. The van der Waals surface area contributed by atoms with Crippen molar-refractivity contribution in [2.24, 2.45) is 0 Å². The first-order valence-corrected chi connectivity index (χ1v) is 6.60. The molecule has 0 aliphatic rings. The second-order valence-corrected chi connectivity index (χ2v) is 5.42. The van der Waals surface area contributed by atoms with Crippen LogP contribution in [-0.4, -0.2) is 5.78 Å². The van der Waals surface area contributed by atoms with Gasteiger partial charge >= 0.3 is 0 Å². The Labute approximate surface area is 119 Å². The number of aryl methyl sites for hydroxylation is 1. The number of rotatable bonds is 2. The maximum atomic E-state index is 12.3. The van der Waals surface area contributed by atoms with Gasteiger partial charge in [-0.15, -0.1) is 0 Å². The molecule has 0 saturated heterocycles. The third-order valence-electron chi connectivity index (χ3n) is 2.45. The summed E-state index contributed by atoms with van der Waals surface area (Å²) in [4.78, 5) is 12.3. The number of ketones is 1. The molecular weight excluding hydrogens is 347 g/mol. The molecule has 17 heavy (non-hydrogen) atoms. The number of carbonyl (C=O) groups is 1. The monoisotopic (exact) mass is 356 g/mol. The van der Waals surface area contributed by atoms with Crippen molar-refractivity contribution >= 4 is 40.0 Å². The molecule has 0 amide bonds. The summed E-state index contributed by atoms with van der Waals surface area (Å²) in [6.07, 6.45) is 0. The highest BCUT2D eigenvalue weighted by molar-refractivity contribution is 14.1. The first-order valence-electron chi connectivity index (χ1n) is 5.14. The fraction of sp³-hybridized carbons (Fsp3) is 0.0714. The smallest absolute Gasteiger partial charge is 0.194 e. The van der Waals surface area contributed by atoms with Gasteiger partial charge in [0.2, 0.25) is 0 Å². The van der Waals surface area contributed by atoms with Crippen molar-refractivity contribution in [2.75, 3.05) is 0 Å². The van der Waals surface area contributed by atoms with Gasteiger partial charge in [0.05, 0.1) is 0 Å². The minimum atomic E-state index is 0.0144. The van der Waals surface area contributed by atoms with Crippen LogP contribution in [0.4, 0.5) is 0 Å². The second-order valence-electron chi connectivity index (χ2n) is 3.82. The summed E-state index contributed by atoms with van der Waals surface area (Å²) in [6, 6.07) is 12.9. The van der Waals surface area contributed by atoms with Crippen LogP contribution >= 0.6 is 34.2 Å². The topological polar surface area (TPSA) is 17.1 Å². The predicted octanol–water partition coefficient (Wildman–Crippen LogP) is 4.48. The summed E-state index contributed by atoms with van der Waals surface area (Å²) in [5, 5.41) is 0.585. The lowest BCUT2D eigenvalue weighted by Crippen LogP contribution is -2.03. The Morgan fingerprint density at radius 2 is 1.94 bits per heavy atom. The molecule has 1 nitrogen and oxygen atoms in total. The zero-order valence-corrected chi connectivity index (χ0v) is 12.1. The van der Waals surface area contributed by atoms with Gasteiger partial charge < -0.3 is 0 Å². The summed E-state index contributed by atoms with van der Waals surface area (Å²) in [5.41, 5.74) is 2.43. The quantitative estimate of drug-likeness (QED) is 0.572. The maximum absolute atomic E-state index is 12.3. The van der Waals surface area contributed by atoms with E-state index >= 15 is 0 Å². The van der Waals surface area contributed by atoms with Gasteiger partial charge in [-0.2, -0.15) is 0 Å². The Morgan fingerprint density at radius 3 is 2.65 bits per heavy atom. The average molecular weight is 357 g/mol. The van der Waals surface area contributed by atoms with Gasteiger partial charge in [0.25, 0.3) is 0 Å². The van der Waals surface area contributed by atoms with E-state index in [1.54, 1.807) is 12.1 Å². The van der Waals surface area contributed by atoms with Gasteiger partial charge in [-0.25, -0.2) is 0 Å². The zero-order chi connectivity index (χ0) is 12.4. The van der Waals surface area contributed by atoms with E-state index in [1.807, 2.05) is 37.3 Å². The summed E-state index contributed by atoms with van der Waals surface area (Å²) >= 11 is 8.07. The van der Waals surface area contributed by atoms with Crippen LogP contribution in [0.1, 0.15) is 21.5 Å². The van der Waals surface area contributed by atoms with Gasteiger partial charge in [-0.3, -0.25) is 4.79 Å². The summed E-state index contributed by atoms with van der Waals surface area (Å²) in [6.45, 7) is 1.97. The minimum Gasteiger partial charge on any atom is -0.289 e. The standard InChI is InChI=1S/C14H10ClIO/c1-9-3-2-4-10(7-9)14(17)12-8-11(15)5-6-13(12)16/h2-8H,1H3. The second kappa shape index (κ2) is 5.19. The summed E-state index contributed by atoms with van der Waals surface area (Å²) < 4.78 is 0.915. The normalized spacial score (nSPS) is 10.3. The predicted molar refractivity (Wildman–Crippen MR) is 78.8 cm³/mol. The zero-order valence-electron chi connectivity index (χ0n) is 9.21. The van der Waals surface area contributed by atoms with Crippen LogP contribution in [0.5, 0.6) is 0 Å². The SMILES string of the molecule is Cc1cccc(C(=O)c2cc(Cl)ccc2I)c1. The van der Waals surface area contributed by atoms with Crippen molar-refractivity contribution in [2.45, 2.75) is 6.92 Å². The minimum absolute atomic E-state index is 0.0144. The maximum Gasteiger partial charge on any atom is 0.194 e. The lowest BCUT2D eigenvalue weighted by atomic mass is 10.0. The van der Waals surface area contributed by atoms with Crippen molar-refractivity contribution < 1.29 is 4.79 Å². The fourth-order valence-electron chi connectivity index (χ4n) is 1.61. The molecule has 0 atom stereocenters. The van der Waals surface area contributed by atoms with Crippen LogP contribution in [0.15, 0.2) is 42.5 Å². The molecule has 0 N–H and O–H groups in total. The molecule has 0 heterocycles. The number of benzene rings is 2. The van der Waals surface area contributed by atoms with Gasteiger partial charge in [-0.1, -0.05) is 35.4 Å². The van der Waals surface area contributed by atoms with Crippen molar-refractivity contribution in [1.29, 1.82) is 0 Å². The van der Waals surface area contributed by atoms with Crippen molar-refractivity contribution in [3.8, 4) is 0 Å². The first-order chi connectivity index (χ1) is 8.08. The van der Waals surface area contributed by atoms with Crippen LogP contribution in [0.3, 0.4) is 0 Å². The third kappa shape index (κ3) is 2.87. The van der Waals surface area contributed by atoms with Crippen LogP contribution in [0.25, 0.3) is 0 Å². The van der Waals surface area contributed by atoms with Crippen LogP contribution in [-0.2, 0) is 0 Å². The molecule has 3 heteroatoms. The number of carbonyl (C=O) groups excluding carboxylic acids is 1. The largest absolute Gasteiger partial charge is 0.289 e. The molecule has 86 valence electrons. The number of hydrogen-bond acceptors (Lipinski definition) is 1. The van der Waals surface area contributed by atoms with Crippen molar-refractivity contribution in [3.63, 3.8) is 0 Å². The average Bonchev–Trinajstić information content (AvgIpc) is 2.31. The molecule has 0 fully saturated rings. The molecule has 2 aromatic rings. The third-order valence-corrected chi connectivity index (χ3v) is 3.63. The van der Waals surface area contributed by atoms with E-state index in [-0.39, 0.29) is 5.78 Å². The molecule has 0 aliphatic carbocycles. The molecule has 0 spiro atoms. The van der Waals surface area contributed by atoms with Gasteiger partial charge in [0.1, 0.15) is 0 Å².